The molecule has 0 saturated heterocycles. The normalized spacial score (nSPS) is 16.2. The molecule has 0 fully saturated rings. The lowest BCUT2D eigenvalue weighted by Crippen LogP contribution is -2.13. The van der Waals surface area contributed by atoms with E-state index in [0.29, 0.717) is 30.6 Å². The quantitative estimate of drug-likeness (QED) is 0.362. The highest BCUT2D eigenvalue weighted by Gasteiger charge is 2.13. The summed E-state index contributed by atoms with van der Waals surface area (Å²) < 4.78 is 21.8. The van der Waals surface area contributed by atoms with Gasteiger partial charge in [0.15, 0.2) is 11.5 Å². The summed E-state index contributed by atoms with van der Waals surface area (Å²) in [4.78, 5) is 12.0. The van der Waals surface area contributed by atoms with E-state index in [2.05, 4.69) is 17.3 Å². The molecule has 3 rings (SSSR count). The Kier molecular flexibility index (Phi) is 7.11. The highest BCUT2D eigenvalue weighted by atomic mass is 16.5. The predicted molar refractivity (Wildman–Crippen MR) is 110 cm³/mol. The Labute approximate surface area is 171 Å². The van der Waals surface area contributed by atoms with Crippen molar-refractivity contribution in [1.82, 2.24) is 5.16 Å². The third kappa shape index (κ3) is 5.73. The van der Waals surface area contributed by atoms with E-state index in [-0.39, 0.29) is 5.97 Å². The van der Waals surface area contributed by atoms with Gasteiger partial charge in [-0.15, -0.1) is 0 Å². The van der Waals surface area contributed by atoms with E-state index >= 15 is 0 Å². The Morgan fingerprint density at radius 3 is 2.83 bits per heavy atom. The van der Waals surface area contributed by atoms with Crippen LogP contribution < -0.4 is 9.47 Å². The zero-order chi connectivity index (χ0) is 20.6. The lowest BCUT2D eigenvalue weighted by molar-refractivity contribution is -0.139. The number of nitrogens with zero attached hydrogens (tertiary/aromatic N) is 1. The van der Waals surface area contributed by atoms with Gasteiger partial charge < -0.3 is 18.7 Å². The Bertz CT molecular complexity index is 877. The van der Waals surface area contributed by atoms with Crippen molar-refractivity contribution in [2.75, 3.05) is 13.7 Å². The number of allylic oxidation sites excluding steroid dienone is 2. The van der Waals surface area contributed by atoms with Gasteiger partial charge >= 0.3 is 5.97 Å². The molecule has 6 heteroatoms. The van der Waals surface area contributed by atoms with Crippen molar-refractivity contribution in [1.29, 1.82) is 0 Å². The Hall–Kier alpha value is -3.02. The fourth-order valence-electron chi connectivity index (χ4n) is 3.19. The van der Waals surface area contributed by atoms with Crippen LogP contribution >= 0.6 is 0 Å². The molecule has 1 aromatic carbocycles. The second kappa shape index (κ2) is 9.96. The maximum atomic E-state index is 12.0. The second-order valence-corrected chi connectivity index (χ2v) is 7.12. The van der Waals surface area contributed by atoms with Crippen molar-refractivity contribution in [2.45, 2.75) is 39.7 Å². The summed E-state index contributed by atoms with van der Waals surface area (Å²) in [5.74, 6) is 2.02. The number of benzene rings is 1. The van der Waals surface area contributed by atoms with E-state index in [1.165, 1.54) is 6.08 Å². The van der Waals surface area contributed by atoms with Crippen LogP contribution in [0.25, 0.3) is 6.08 Å². The molecule has 0 aliphatic heterocycles. The maximum absolute atomic E-state index is 12.0. The molecule has 0 radical (unpaired) electrons. The van der Waals surface area contributed by atoms with Gasteiger partial charge in [-0.2, -0.15) is 0 Å². The van der Waals surface area contributed by atoms with Crippen molar-refractivity contribution < 1.29 is 23.5 Å². The lowest BCUT2D eigenvalue weighted by atomic mass is 9.95. The summed E-state index contributed by atoms with van der Waals surface area (Å²) in [7, 11) is 1.58. The number of hydrogen-bond donors (Lipinski definition) is 0. The molecule has 0 N–H and O–H groups in total. The summed E-state index contributed by atoms with van der Waals surface area (Å²) >= 11 is 0. The smallest absolute Gasteiger partial charge is 0.330 e. The van der Waals surface area contributed by atoms with Crippen LogP contribution in [0.4, 0.5) is 0 Å². The van der Waals surface area contributed by atoms with Crippen molar-refractivity contribution in [2.24, 2.45) is 5.92 Å². The Morgan fingerprint density at radius 2 is 2.14 bits per heavy atom. The van der Waals surface area contributed by atoms with Gasteiger partial charge in [0, 0.05) is 6.08 Å². The van der Waals surface area contributed by atoms with Gasteiger partial charge in [0.25, 0.3) is 0 Å². The van der Waals surface area contributed by atoms with E-state index in [0.717, 1.165) is 41.8 Å². The lowest BCUT2D eigenvalue weighted by Gasteiger charge is -2.16. The fraction of sp³-hybridized carbons (Fsp3) is 0.391. The van der Waals surface area contributed by atoms with Gasteiger partial charge in [0.2, 0.25) is 0 Å². The number of ether oxygens (including phenoxy) is 3. The molecule has 0 bridgehead atoms. The van der Waals surface area contributed by atoms with Crippen molar-refractivity contribution in [3.8, 4) is 11.5 Å². The summed E-state index contributed by atoms with van der Waals surface area (Å²) in [5.41, 5.74) is 2.56. The zero-order valence-corrected chi connectivity index (χ0v) is 17.1. The van der Waals surface area contributed by atoms with Crippen molar-refractivity contribution in [3.63, 3.8) is 0 Å². The maximum Gasteiger partial charge on any atom is 0.330 e. The Balaban J connectivity index is 1.56. The van der Waals surface area contributed by atoms with Gasteiger partial charge in [0.1, 0.15) is 12.4 Å². The molecule has 0 spiro atoms. The first-order valence-electron chi connectivity index (χ1n) is 9.79. The minimum absolute atomic E-state index is 0.336. The number of carbonyl (C=O) groups is 1. The number of carbonyl (C=O) groups excluding carboxylic acids is 1. The molecule has 1 aliphatic rings. The van der Waals surface area contributed by atoms with E-state index in [9.17, 15) is 4.79 Å². The van der Waals surface area contributed by atoms with Crippen molar-refractivity contribution in [3.05, 3.63) is 59.0 Å². The fourth-order valence-corrected chi connectivity index (χ4v) is 3.19. The minimum atomic E-state index is -0.336. The molecule has 154 valence electrons. The first-order valence-corrected chi connectivity index (χ1v) is 9.79. The molecule has 6 nitrogen and oxygen atoms in total. The molecule has 2 aromatic rings. The van der Waals surface area contributed by atoms with E-state index < -0.39 is 0 Å². The van der Waals surface area contributed by atoms with Gasteiger partial charge in [-0.25, -0.2) is 4.79 Å². The van der Waals surface area contributed by atoms with Gasteiger partial charge in [0.05, 0.1) is 25.0 Å². The molecule has 1 heterocycles. The van der Waals surface area contributed by atoms with Crippen LogP contribution in [0.5, 0.6) is 11.5 Å². The standard InChI is InChI=1S/C23H27NO5/c1-16-20(17(2)29-24-16)15-27-21-11-9-18(13-22(21)26-3)10-12-23(25)28-14-19-7-5-4-6-8-19/h4-5,9-13,19H,6-8,14-15H2,1-3H3. The number of aryl methyl sites for hydroxylation is 2. The average Bonchev–Trinajstić information content (AvgIpc) is 3.07. The highest BCUT2D eigenvalue weighted by Crippen LogP contribution is 2.30. The van der Waals surface area contributed by atoms with Crippen LogP contribution in [0.3, 0.4) is 0 Å². The molecule has 1 aromatic heterocycles. The van der Waals surface area contributed by atoms with Crippen LogP contribution in [0.15, 0.2) is 41.0 Å². The monoisotopic (exact) mass is 397 g/mol. The molecule has 0 amide bonds. The summed E-state index contributed by atoms with van der Waals surface area (Å²) in [6.07, 6.45) is 10.6. The number of aromatic nitrogens is 1. The molecular formula is C23H27NO5. The molecule has 0 saturated carbocycles. The number of methoxy groups -OCH3 is 1. The van der Waals surface area contributed by atoms with E-state index in [1.54, 1.807) is 13.2 Å². The molecule has 1 unspecified atom stereocenters. The van der Waals surface area contributed by atoms with Crippen LogP contribution in [-0.4, -0.2) is 24.8 Å². The van der Waals surface area contributed by atoms with Crippen LogP contribution in [0, 0.1) is 19.8 Å². The van der Waals surface area contributed by atoms with Crippen LogP contribution in [0.1, 0.15) is 41.8 Å². The zero-order valence-electron chi connectivity index (χ0n) is 17.1. The first kappa shape index (κ1) is 20.7. The van der Waals surface area contributed by atoms with E-state index in [4.69, 9.17) is 18.7 Å². The summed E-state index contributed by atoms with van der Waals surface area (Å²) in [6, 6.07) is 5.50. The summed E-state index contributed by atoms with van der Waals surface area (Å²) in [5, 5.41) is 3.93. The van der Waals surface area contributed by atoms with Gasteiger partial charge in [-0.3, -0.25) is 0 Å². The molecule has 29 heavy (non-hydrogen) atoms. The number of rotatable bonds is 8. The topological polar surface area (TPSA) is 70.8 Å². The highest BCUT2D eigenvalue weighted by molar-refractivity contribution is 5.87. The second-order valence-electron chi connectivity index (χ2n) is 7.12. The Morgan fingerprint density at radius 1 is 1.28 bits per heavy atom. The first-order chi connectivity index (χ1) is 14.1. The van der Waals surface area contributed by atoms with Crippen LogP contribution in [0.2, 0.25) is 0 Å². The third-order valence-corrected chi connectivity index (χ3v) is 4.99. The molecular weight excluding hydrogens is 370 g/mol. The third-order valence-electron chi connectivity index (χ3n) is 4.99. The van der Waals surface area contributed by atoms with Crippen molar-refractivity contribution >= 4 is 12.0 Å². The largest absolute Gasteiger partial charge is 0.493 e. The minimum Gasteiger partial charge on any atom is -0.493 e. The van der Waals surface area contributed by atoms with Crippen LogP contribution in [-0.2, 0) is 16.1 Å². The number of esters is 1. The molecule has 1 aliphatic carbocycles. The number of hydrogen-bond acceptors (Lipinski definition) is 6. The SMILES string of the molecule is COc1cc(C=CC(=O)OCC2CC=CCC2)ccc1OCc1c(C)noc1C. The van der Waals surface area contributed by atoms with Gasteiger partial charge in [-0.05, 0) is 62.8 Å². The summed E-state index contributed by atoms with van der Waals surface area (Å²) in [6.45, 7) is 4.54. The van der Waals surface area contributed by atoms with Gasteiger partial charge in [-0.1, -0.05) is 23.4 Å². The van der Waals surface area contributed by atoms with E-state index in [1.807, 2.05) is 32.0 Å². The molecule has 1 atom stereocenters. The predicted octanol–water partition coefficient (Wildman–Crippen LogP) is 4.79. The average molecular weight is 397 g/mol.